The Bertz CT molecular complexity index is 154. The Morgan fingerprint density at radius 3 is 2.91 bits per heavy atom. The normalized spacial score (nSPS) is 26.3. The third-order valence-electron chi connectivity index (χ3n) is 2.13. The van der Waals surface area contributed by atoms with Gasteiger partial charge in [-0.3, -0.25) is 0 Å². The maximum absolute atomic E-state index is 4.43. The van der Waals surface area contributed by atoms with Crippen LogP contribution in [0.15, 0.2) is 11.1 Å². The van der Waals surface area contributed by atoms with Gasteiger partial charge in [-0.05, 0) is 18.8 Å². The quantitative estimate of drug-likeness (QED) is 0.625. The molecule has 64 valence electrons. The first-order chi connectivity index (χ1) is 5.24. The summed E-state index contributed by atoms with van der Waals surface area (Å²) in [5, 5.41) is 1.16. The molecular formula is C9H17NS. The van der Waals surface area contributed by atoms with Gasteiger partial charge in [0.2, 0.25) is 0 Å². The minimum atomic E-state index is 0.849. The fourth-order valence-corrected chi connectivity index (χ4v) is 1.82. The summed E-state index contributed by atoms with van der Waals surface area (Å²) in [6.45, 7) is 6.83. The Labute approximate surface area is 74.9 Å². The topological polar surface area (TPSA) is 3.24 Å². The Balaban J connectivity index is 2.43. The zero-order valence-corrected chi connectivity index (χ0v) is 8.27. The Hall–Kier alpha value is -0.110. The van der Waals surface area contributed by atoms with Gasteiger partial charge in [-0.1, -0.05) is 19.9 Å². The molecule has 1 unspecified atom stereocenters. The third kappa shape index (κ3) is 2.44. The first-order valence-electron chi connectivity index (χ1n) is 4.38. The SMILES string of the molecule is CCC=C(S)N1CCC(C)C1. The van der Waals surface area contributed by atoms with Crippen molar-refractivity contribution in [2.24, 2.45) is 5.92 Å². The zero-order chi connectivity index (χ0) is 8.27. The van der Waals surface area contributed by atoms with Crippen molar-refractivity contribution >= 4 is 12.6 Å². The van der Waals surface area contributed by atoms with Gasteiger partial charge in [0.25, 0.3) is 0 Å². The van der Waals surface area contributed by atoms with Crippen LogP contribution in [0.4, 0.5) is 0 Å². The first-order valence-corrected chi connectivity index (χ1v) is 4.82. The second kappa shape index (κ2) is 4.05. The van der Waals surface area contributed by atoms with Crippen LogP contribution in [0.2, 0.25) is 0 Å². The average molecular weight is 171 g/mol. The van der Waals surface area contributed by atoms with Crippen molar-refractivity contribution in [2.45, 2.75) is 26.7 Å². The molecule has 1 fully saturated rings. The lowest BCUT2D eigenvalue weighted by molar-refractivity contribution is 0.437. The van der Waals surface area contributed by atoms with Crippen LogP contribution in [0.3, 0.4) is 0 Å². The summed E-state index contributed by atoms with van der Waals surface area (Å²) in [5.74, 6) is 0.849. The van der Waals surface area contributed by atoms with Gasteiger partial charge in [-0.25, -0.2) is 0 Å². The van der Waals surface area contributed by atoms with E-state index in [0.717, 1.165) is 17.4 Å². The van der Waals surface area contributed by atoms with E-state index >= 15 is 0 Å². The summed E-state index contributed by atoms with van der Waals surface area (Å²) < 4.78 is 0. The van der Waals surface area contributed by atoms with Crippen LogP contribution in [-0.4, -0.2) is 18.0 Å². The van der Waals surface area contributed by atoms with E-state index in [1.807, 2.05) is 0 Å². The summed E-state index contributed by atoms with van der Waals surface area (Å²) in [4.78, 5) is 2.36. The van der Waals surface area contributed by atoms with E-state index in [2.05, 4.69) is 37.5 Å². The van der Waals surface area contributed by atoms with Crippen molar-refractivity contribution in [3.63, 3.8) is 0 Å². The molecule has 2 heteroatoms. The minimum Gasteiger partial charge on any atom is -0.367 e. The van der Waals surface area contributed by atoms with Crippen molar-refractivity contribution in [3.05, 3.63) is 11.1 Å². The van der Waals surface area contributed by atoms with Crippen LogP contribution in [0, 0.1) is 5.92 Å². The average Bonchev–Trinajstić information content (AvgIpc) is 2.36. The lowest BCUT2D eigenvalue weighted by Crippen LogP contribution is -2.16. The van der Waals surface area contributed by atoms with Gasteiger partial charge in [0.05, 0.1) is 5.03 Å². The molecule has 1 aliphatic heterocycles. The van der Waals surface area contributed by atoms with E-state index < -0.39 is 0 Å². The highest BCUT2D eigenvalue weighted by atomic mass is 32.1. The van der Waals surface area contributed by atoms with Crippen LogP contribution in [0.5, 0.6) is 0 Å². The van der Waals surface area contributed by atoms with E-state index in [9.17, 15) is 0 Å². The highest BCUT2D eigenvalue weighted by Gasteiger charge is 2.18. The monoisotopic (exact) mass is 171 g/mol. The molecule has 1 heterocycles. The smallest absolute Gasteiger partial charge is 0.0635 e. The first kappa shape index (κ1) is 8.98. The summed E-state index contributed by atoms with van der Waals surface area (Å²) in [6.07, 6.45) is 4.59. The highest BCUT2D eigenvalue weighted by Crippen LogP contribution is 2.21. The summed E-state index contributed by atoms with van der Waals surface area (Å²) >= 11 is 4.43. The standard InChI is InChI=1S/C9H17NS/c1-3-4-9(11)10-6-5-8(2)7-10/h4,8,11H,3,5-7H2,1-2H3. The fourth-order valence-electron chi connectivity index (χ4n) is 1.45. The Morgan fingerprint density at radius 1 is 1.73 bits per heavy atom. The molecule has 1 rings (SSSR count). The van der Waals surface area contributed by atoms with Crippen LogP contribution < -0.4 is 0 Å². The summed E-state index contributed by atoms with van der Waals surface area (Å²) in [5.41, 5.74) is 0. The zero-order valence-electron chi connectivity index (χ0n) is 7.38. The second-order valence-corrected chi connectivity index (χ2v) is 3.77. The van der Waals surface area contributed by atoms with Crippen LogP contribution in [0.1, 0.15) is 26.7 Å². The van der Waals surface area contributed by atoms with E-state index in [1.54, 1.807) is 0 Å². The maximum atomic E-state index is 4.43. The third-order valence-corrected chi connectivity index (χ3v) is 2.60. The molecule has 1 nitrogen and oxygen atoms in total. The fraction of sp³-hybridized carbons (Fsp3) is 0.778. The molecule has 0 aromatic rings. The minimum absolute atomic E-state index is 0.849. The lowest BCUT2D eigenvalue weighted by atomic mass is 10.2. The van der Waals surface area contributed by atoms with E-state index in [0.29, 0.717) is 0 Å². The summed E-state index contributed by atoms with van der Waals surface area (Å²) in [7, 11) is 0. The van der Waals surface area contributed by atoms with Crippen molar-refractivity contribution in [1.82, 2.24) is 4.90 Å². The predicted molar refractivity (Wildman–Crippen MR) is 52.7 cm³/mol. The van der Waals surface area contributed by atoms with Crippen LogP contribution in [0.25, 0.3) is 0 Å². The van der Waals surface area contributed by atoms with E-state index in [4.69, 9.17) is 0 Å². The van der Waals surface area contributed by atoms with Gasteiger partial charge >= 0.3 is 0 Å². The molecule has 0 aliphatic carbocycles. The predicted octanol–water partition coefficient (Wildman–Crippen LogP) is 2.51. The molecule has 1 atom stereocenters. The number of allylic oxidation sites excluding steroid dienone is 1. The molecule has 1 aliphatic rings. The summed E-state index contributed by atoms with van der Waals surface area (Å²) in [6, 6.07) is 0. The van der Waals surface area contributed by atoms with Gasteiger partial charge in [0, 0.05) is 13.1 Å². The van der Waals surface area contributed by atoms with Gasteiger partial charge in [-0.15, -0.1) is 12.6 Å². The van der Waals surface area contributed by atoms with Gasteiger partial charge < -0.3 is 4.90 Å². The molecule has 0 amide bonds. The molecular weight excluding hydrogens is 154 g/mol. The van der Waals surface area contributed by atoms with Crippen molar-refractivity contribution in [1.29, 1.82) is 0 Å². The van der Waals surface area contributed by atoms with Crippen molar-refractivity contribution in [2.75, 3.05) is 13.1 Å². The molecule has 1 saturated heterocycles. The van der Waals surface area contributed by atoms with Gasteiger partial charge in [0.1, 0.15) is 0 Å². The van der Waals surface area contributed by atoms with Crippen LogP contribution >= 0.6 is 12.6 Å². The molecule has 0 aromatic heterocycles. The Morgan fingerprint density at radius 2 is 2.45 bits per heavy atom. The number of hydrogen-bond acceptors (Lipinski definition) is 2. The Kier molecular flexibility index (Phi) is 3.31. The second-order valence-electron chi connectivity index (χ2n) is 3.31. The lowest BCUT2D eigenvalue weighted by Gasteiger charge is -2.17. The number of nitrogens with zero attached hydrogens (tertiary/aromatic N) is 1. The maximum Gasteiger partial charge on any atom is 0.0635 e. The largest absolute Gasteiger partial charge is 0.367 e. The molecule has 11 heavy (non-hydrogen) atoms. The molecule has 0 bridgehead atoms. The molecule has 0 N–H and O–H groups in total. The molecule has 0 saturated carbocycles. The van der Waals surface area contributed by atoms with E-state index in [1.165, 1.54) is 19.5 Å². The van der Waals surface area contributed by atoms with Gasteiger partial charge in [0.15, 0.2) is 0 Å². The molecule has 0 spiro atoms. The number of thiol groups is 1. The van der Waals surface area contributed by atoms with Crippen molar-refractivity contribution in [3.8, 4) is 0 Å². The number of hydrogen-bond donors (Lipinski definition) is 1. The van der Waals surface area contributed by atoms with Crippen LogP contribution in [-0.2, 0) is 0 Å². The van der Waals surface area contributed by atoms with Gasteiger partial charge in [-0.2, -0.15) is 0 Å². The number of likely N-dealkylation sites (tertiary alicyclic amines) is 1. The number of rotatable bonds is 2. The molecule has 0 radical (unpaired) electrons. The van der Waals surface area contributed by atoms with E-state index in [-0.39, 0.29) is 0 Å². The van der Waals surface area contributed by atoms with Crippen molar-refractivity contribution < 1.29 is 0 Å². The molecule has 0 aromatic carbocycles. The highest BCUT2D eigenvalue weighted by molar-refractivity contribution is 7.84.